The highest BCUT2D eigenvalue weighted by molar-refractivity contribution is 9.10. The molecule has 1 aliphatic rings. The van der Waals surface area contributed by atoms with Crippen LogP contribution in [-0.4, -0.2) is 0 Å². The van der Waals surface area contributed by atoms with Crippen molar-refractivity contribution in [3.63, 3.8) is 0 Å². The van der Waals surface area contributed by atoms with E-state index in [2.05, 4.69) is 15.9 Å². The maximum atomic E-state index is 5.34. The Hall–Kier alpha value is -0.240. The lowest BCUT2D eigenvalue weighted by molar-refractivity contribution is 0.478. The lowest BCUT2D eigenvalue weighted by Crippen LogP contribution is -1.98. The molecule has 0 aliphatic heterocycles. The first kappa shape index (κ1) is 6.47. The molecule has 0 saturated heterocycles. The van der Waals surface area contributed by atoms with Crippen molar-refractivity contribution >= 4 is 15.9 Å². The van der Waals surface area contributed by atoms with Crippen LogP contribution < -0.4 is 0 Å². The monoisotopic (exact) mass is 200 g/mol. The van der Waals surface area contributed by atoms with Gasteiger partial charge in [0.1, 0.15) is 12.0 Å². The highest BCUT2D eigenvalue weighted by atomic mass is 79.9. The van der Waals surface area contributed by atoms with E-state index < -0.39 is 0 Å². The van der Waals surface area contributed by atoms with E-state index in [-0.39, 0.29) is 0 Å². The highest BCUT2D eigenvalue weighted by Crippen LogP contribution is 2.29. The second-order valence-corrected chi connectivity index (χ2v) is 3.55. The van der Waals surface area contributed by atoms with Gasteiger partial charge in [-0.05, 0) is 35.2 Å². The zero-order valence-corrected chi connectivity index (χ0v) is 7.28. The summed E-state index contributed by atoms with van der Waals surface area (Å²) in [6.45, 7) is 0. The average molecular weight is 201 g/mol. The van der Waals surface area contributed by atoms with Gasteiger partial charge in [-0.1, -0.05) is 0 Å². The Kier molecular flexibility index (Phi) is 1.57. The molecule has 0 amide bonds. The van der Waals surface area contributed by atoms with E-state index in [4.69, 9.17) is 4.42 Å². The summed E-state index contributed by atoms with van der Waals surface area (Å²) in [6.07, 6.45) is 6.71. The summed E-state index contributed by atoms with van der Waals surface area (Å²) in [5.41, 5.74) is 1.39. The first-order valence-electron chi connectivity index (χ1n) is 3.62. The molecule has 1 aromatic heterocycles. The van der Waals surface area contributed by atoms with Crippen LogP contribution in [0.5, 0.6) is 0 Å². The molecule has 0 spiro atoms. The lowest BCUT2D eigenvalue weighted by atomic mass is 9.99. The number of fused-ring (bicyclic) bond motifs is 1. The third-order valence-corrected chi connectivity index (χ3v) is 2.68. The Morgan fingerprint density at radius 1 is 1.30 bits per heavy atom. The summed E-state index contributed by atoms with van der Waals surface area (Å²) >= 11 is 3.46. The van der Waals surface area contributed by atoms with E-state index in [9.17, 15) is 0 Å². The van der Waals surface area contributed by atoms with Crippen LogP contribution in [0.1, 0.15) is 24.2 Å². The zero-order valence-electron chi connectivity index (χ0n) is 5.69. The molecule has 0 N–H and O–H groups in total. The van der Waals surface area contributed by atoms with Crippen molar-refractivity contribution < 1.29 is 4.42 Å². The largest absolute Gasteiger partial charge is 0.468 e. The van der Waals surface area contributed by atoms with Crippen LogP contribution in [0.2, 0.25) is 0 Å². The molecule has 1 heterocycles. The number of halogens is 1. The van der Waals surface area contributed by atoms with Crippen LogP contribution in [0.25, 0.3) is 0 Å². The van der Waals surface area contributed by atoms with Crippen LogP contribution in [0, 0.1) is 0 Å². The Morgan fingerprint density at radius 3 is 2.90 bits per heavy atom. The molecule has 0 radical (unpaired) electrons. The van der Waals surface area contributed by atoms with E-state index in [1.54, 1.807) is 6.26 Å². The summed E-state index contributed by atoms with van der Waals surface area (Å²) in [5, 5.41) is 0. The van der Waals surface area contributed by atoms with Crippen molar-refractivity contribution in [2.24, 2.45) is 0 Å². The smallest absolute Gasteiger partial charge is 0.108 e. The second kappa shape index (κ2) is 2.42. The molecule has 0 bridgehead atoms. The maximum Gasteiger partial charge on any atom is 0.108 e. The van der Waals surface area contributed by atoms with Gasteiger partial charge in [0.25, 0.3) is 0 Å². The molecule has 0 aromatic carbocycles. The minimum atomic E-state index is 1.13. The van der Waals surface area contributed by atoms with Crippen molar-refractivity contribution in [3.05, 3.63) is 22.1 Å². The summed E-state index contributed by atoms with van der Waals surface area (Å²) in [5.74, 6) is 1.19. The summed E-state index contributed by atoms with van der Waals surface area (Å²) in [6, 6.07) is 0. The second-order valence-electron chi connectivity index (χ2n) is 2.69. The molecule has 2 rings (SSSR count). The van der Waals surface area contributed by atoms with Crippen molar-refractivity contribution in [1.82, 2.24) is 0 Å². The summed E-state index contributed by atoms with van der Waals surface area (Å²) in [4.78, 5) is 0. The molecule has 0 atom stereocenters. The molecule has 0 fully saturated rings. The molecular formula is C8H9BrO. The van der Waals surface area contributed by atoms with Gasteiger partial charge < -0.3 is 4.42 Å². The minimum Gasteiger partial charge on any atom is -0.468 e. The number of hydrogen-bond acceptors (Lipinski definition) is 1. The first-order chi connectivity index (χ1) is 4.88. The number of aryl methyl sites for hydroxylation is 1. The topological polar surface area (TPSA) is 13.1 Å². The van der Waals surface area contributed by atoms with Crippen molar-refractivity contribution in [1.29, 1.82) is 0 Å². The number of hydrogen-bond donors (Lipinski definition) is 0. The summed E-state index contributed by atoms with van der Waals surface area (Å²) in [7, 11) is 0. The quantitative estimate of drug-likeness (QED) is 0.628. The van der Waals surface area contributed by atoms with Crippen molar-refractivity contribution in [2.45, 2.75) is 25.7 Å². The van der Waals surface area contributed by atoms with E-state index in [0.29, 0.717) is 0 Å². The van der Waals surface area contributed by atoms with E-state index in [1.165, 1.54) is 30.6 Å². The van der Waals surface area contributed by atoms with Gasteiger partial charge in [0, 0.05) is 12.0 Å². The molecule has 10 heavy (non-hydrogen) atoms. The Balaban J connectivity index is 2.45. The molecule has 0 unspecified atom stereocenters. The fourth-order valence-electron chi connectivity index (χ4n) is 1.45. The van der Waals surface area contributed by atoms with Crippen molar-refractivity contribution in [2.75, 3.05) is 0 Å². The molecule has 1 aromatic rings. The van der Waals surface area contributed by atoms with Crippen LogP contribution >= 0.6 is 15.9 Å². The third kappa shape index (κ3) is 0.908. The Bertz CT molecular complexity index is 239. The molecule has 54 valence electrons. The van der Waals surface area contributed by atoms with Gasteiger partial charge in [-0.3, -0.25) is 0 Å². The minimum absolute atomic E-state index is 1.13. The van der Waals surface area contributed by atoms with Crippen LogP contribution in [0.3, 0.4) is 0 Å². The van der Waals surface area contributed by atoms with E-state index in [0.717, 1.165) is 10.9 Å². The highest BCUT2D eigenvalue weighted by Gasteiger charge is 2.14. The van der Waals surface area contributed by atoms with Crippen LogP contribution in [0.15, 0.2) is 15.2 Å². The standard InChI is InChI=1S/C8H9BrO/c9-7-5-10-8-4-2-1-3-6(7)8/h5H,1-4H2. The van der Waals surface area contributed by atoms with E-state index in [1.807, 2.05) is 0 Å². The number of rotatable bonds is 0. The number of furan rings is 1. The molecule has 1 nitrogen and oxygen atoms in total. The van der Waals surface area contributed by atoms with Gasteiger partial charge in [0.05, 0.1) is 4.47 Å². The molecular weight excluding hydrogens is 192 g/mol. The van der Waals surface area contributed by atoms with Gasteiger partial charge in [0.2, 0.25) is 0 Å². The predicted octanol–water partition coefficient (Wildman–Crippen LogP) is 2.92. The Labute approximate surface area is 68.5 Å². The van der Waals surface area contributed by atoms with Gasteiger partial charge in [-0.2, -0.15) is 0 Å². The predicted molar refractivity (Wildman–Crippen MR) is 43.1 cm³/mol. The fourth-order valence-corrected chi connectivity index (χ4v) is 1.97. The third-order valence-electron chi connectivity index (χ3n) is 2.01. The van der Waals surface area contributed by atoms with E-state index >= 15 is 0 Å². The van der Waals surface area contributed by atoms with Crippen LogP contribution in [0.4, 0.5) is 0 Å². The summed E-state index contributed by atoms with van der Waals surface area (Å²) < 4.78 is 6.49. The first-order valence-corrected chi connectivity index (χ1v) is 4.42. The fraction of sp³-hybridized carbons (Fsp3) is 0.500. The normalized spacial score (nSPS) is 16.9. The van der Waals surface area contributed by atoms with Gasteiger partial charge >= 0.3 is 0 Å². The molecule has 1 aliphatic carbocycles. The Morgan fingerprint density at radius 2 is 2.10 bits per heavy atom. The van der Waals surface area contributed by atoms with Gasteiger partial charge in [-0.15, -0.1) is 0 Å². The van der Waals surface area contributed by atoms with Crippen molar-refractivity contribution in [3.8, 4) is 0 Å². The maximum absolute atomic E-state index is 5.34. The molecule has 0 saturated carbocycles. The average Bonchev–Trinajstić information content (AvgIpc) is 2.34. The SMILES string of the molecule is Brc1coc2c1CCCC2. The zero-order chi connectivity index (χ0) is 6.97. The molecule has 2 heteroatoms. The lowest BCUT2D eigenvalue weighted by Gasteiger charge is -2.08. The van der Waals surface area contributed by atoms with Gasteiger partial charge in [-0.25, -0.2) is 0 Å². The van der Waals surface area contributed by atoms with Gasteiger partial charge in [0.15, 0.2) is 0 Å². The van der Waals surface area contributed by atoms with Crippen LogP contribution in [-0.2, 0) is 12.8 Å².